The van der Waals surface area contributed by atoms with E-state index >= 15 is 0 Å². The standard InChI is InChI=1S/C19H21N5O2/c1-11-16(17(23-19(26)21-11)12-5-3-2-4-6-12)18(25)22-14-7-8-15-13(9-14)10-20-24-15/h5,7-10,17H,2-4,6H2,1H3,(H,20,24)(H,22,25)(H2,21,23,26). The molecule has 0 saturated carbocycles. The van der Waals surface area contributed by atoms with Gasteiger partial charge in [-0.2, -0.15) is 5.10 Å². The van der Waals surface area contributed by atoms with E-state index in [0.29, 0.717) is 17.0 Å². The lowest BCUT2D eigenvalue weighted by Gasteiger charge is -2.31. The van der Waals surface area contributed by atoms with Crippen molar-refractivity contribution in [3.05, 3.63) is 47.3 Å². The van der Waals surface area contributed by atoms with E-state index in [1.807, 2.05) is 18.2 Å². The van der Waals surface area contributed by atoms with Crippen molar-refractivity contribution in [1.82, 2.24) is 20.8 Å². The quantitative estimate of drug-likeness (QED) is 0.640. The van der Waals surface area contributed by atoms with Gasteiger partial charge in [0.2, 0.25) is 0 Å². The Balaban J connectivity index is 1.63. The van der Waals surface area contributed by atoms with Crippen LogP contribution in [0.15, 0.2) is 47.3 Å². The number of allylic oxidation sites excluding steroid dienone is 2. The summed E-state index contributed by atoms with van der Waals surface area (Å²) >= 11 is 0. The fourth-order valence-electron chi connectivity index (χ4n) is 3.62. The lowest BCUT2D eigenvalue weighted by atomic mass is 9.87. The third-order valence-electron chi connectivity index (χ3n) is 4.91. The van der Waals surface area contributed by atoms with E-state index in [1.165, 1.54) is 0 Å². The van der Waals surface area contributed by atoms with E-state index in [1.54, 1.807) is 13.1 Å². The van der Waals surface area contributed by atoms with Crippen molar-refractivity contribution in [3.63, 3.8) is 0 Å². The Kier molecular flexibility index (Phi) is 4.20. The van der Waals surface area contributed by atoms with Crippen LogP contribution in [0.4, 0.5) is 10.5 Å². The molecule has 0 radical (unpaired) electrons. The zero-order chi connectivity index (χ0) is 18.1. The molecule has 1 unspecified atom stereocenters. The molecule has 0 saturated heterocycles. The van der Waals surface area contributed by atoms with E-state index < -0.39 is 0 Å². The Labute approximate surface area is 150 Å². The molecule has 4 rings (SSSR count). The number of carbonyl (C=O) groups excluding carboxylic acids is 2. The fraction of sp³-hybridized carbons (Fsp3) is 0.316. The summed E-state index contributed by atoms with van der Waals surface area (Å²) in [6.07, 6.45) is 7.98. The number of amides is 3. The molecule has 1 aromatic carbocycles. The van der Waals surface area contributed by atoms with Gasteiger partial charge in [0, 0.05) is 16.8 Å². The summed E-state index contributed by atoms with van der Waals surface area (Å²) in [5.74, 6) is -0.214. The maximum Gasteiger partial charge on any atom is 0.319 e. The second-order valence-electron chi connectivity index (χ2n) is 6.72. The smallest absolute Gasteiger partial charge is 0.319 e. The van der Waals surface area contributed by atoms with Crippen LogP contribution >= 0.6 is 0 Å². The van der Waals surface area contributed by atoms with Crippen molar-refractivity contribution >= 4 is 28.5 Å². The number of nitrogens with zero attached hydrogens (tertiary/aromatic N) is 1. The van der Waals surface area contributed by atoms with Crippen LogP contribution in [-0.4, -0.2) is 28.2 Å². The van der Waals surface area contributed by atoms with Crippen LogP contribution < -0.4 is 16.0 Å². The highest BCUT2D eigenvalue weighted by molar-refractivity contribution is 6.07. The summed E-state index contributed by atoms with van der Waals surface area (Å²) in [5, 5.41) is 16.4. The lowest BCUT2D eigenvalue weighted by molar-refractivity contribution is -0.113. The third kappa shape index (κ3) is 3.08. The summed E-state index contributed by atoms with van der Waals surface area (Å²) in [7, 11) is 0. The molecule has 134 valence electrons. The highest BCUT2D eigenvalue weighted by atomic mass is 16.2. The van der Waals surface area contributed by atoms with E-state index in [4.69, 9.17) is 0 Å². The molecule has 1 atom stereocenters. The number of benzene rings is 1. The van der Waals surface area contributed by atoms with E-state index in [-0.39, 0.29) is 18.0 Å². The Morgan fingerprint density at radius 3 is 3.00 bits per heavy atom. The van der Waals surface area contributed by atoms with Gasteiger partial charge in [-0.05, 0) is 56.4 Å². The number of anilines is 1. The van der Waals surface area contributed by atoms with Gasteiger partial charge in [0.25, 0.3) is 5.91 Å². The number of hydrogen-bond donors (Lipinski definition) is 4. The summed E-state index contributed by atoms with van der Waals surface area (Å²) in [6, 6.07) is 4.94. The minimum atomic E-state index is -0.373. The highest BCUT2D eigenvalue weighted by Crippen LogP contribution is 2.28. The van der Waals surface area contributed by atoms with Gasteiger partial charge in [0.15, 0.2) is 0 Å². The monoisotopic (exact) mass is 351 g/mol. The average molecular weight is 351 g/mol. The molecule has 0 spiro atoms. The molecule has 3 amide bonds. The SMILES string of the molecule is CC1=C(C(=O)Nc2ccc3[nH]ncc3c2)C(C2=CCCCC2)NC(=O)N1. The van der Waals surface area contributed by atoms with Crippen molar-refractivity contribution in [2.24, 2.45) is 0 Å². The molecule has 2 aromatic rings. The maximum atomic E-state index is 13.0. The molecule has 2 heterocycles. The van der Waals surface area contributed by atoms with Gasteiger partial charge in [-0.3, -0.25) is 9.89 Å². The fourth-order valence-corrected chi connectivity index (χ4v) is 3.62. The first-order chi connectivity index (χ1) is 12.6. The molecule has 0 bridgehead atoms. The Bertz CT molecular complexity index is 940. The molecule has 0 fully saturated rings. The number of fused-ring (bicyclic) bond motifs is 1. The first-order valence-corrected chi connectivity index (χ1v) is 8.83. The van der Waals surface area contributed by atoms with Crippen LogP contribution in [0.3, 0.4) is 0 Å². The first-order valence-electron chi connectivity index (χ1n) is 8.83. The zero-order valence-corrected chi connectivity index (χ0v) is 14.6. The summed E-state index contributed by atoms with van der Waals surface area (Å²) in [4.78, 5) is 24.9. The van der Waals surface area contributed by atoms with Gasteiger partial charge < -0.3 is 16.0 Å². The molecule has 1 aliphatic heterocycles. The number of carbonyl (C=O) groups is 2. The number of rotatable bonds is 3. The van der Waals surface area contributed by atoms with Crippen LogP contribution in [0.2, 0.25) is 0 Å². The topological polar surface area (TPSA) is 98.9 Å². The van der Waals surface area contributed by atoms with Gasteiger partial charge >= 0.3 is 6.03 Å². The second-order valence-corrected chi connectivity index (χ2v) is 6.72. The van der Waals surface area contributed by atoms with Gasteiger partial charge in [-0.25, -0.2) is 4.79 Å². The minimum Gasteiger partial charge on any atom is -0.327 e. The molecule has 26 heavy (non-hydrogen) atoms. The Morgan fingerprint density at radius 1 is 1.31 bits per heavy atom. The number of hydrogen-bond acceptors (Lipinski definition) is 3. The van der Waals surface area contributed by atoms with Crippen molar-refractivity contribution in [3.8, 4) is 0 Å². The Morgan fingerprint density at radius 2 is 2.19 bits per heavy atom. The average Bonchev–Trinajstić information content (AvgIpc) is 3.09. The molecule has 1 aromatic heterocycles. The van der Waals surface area contributed by atoms with Crippen molar-refractivity contribution in [2.45, 2.75) is 38.6 Å². The second kappa shape index (κ2) is 6.67. The van der Waals surface area contributed by atoms with Crippen molar-refractivity contribution in [2.75, 3.05) is 5.32 Å². The van der Waals surface area contributed by atoms with Crippen LogP contribution in [-0.2, 0) is 4.79 Å². The van der Waals surface area contributed by atoms with Crippen LogP contribution in [0.1, 0.15) is 32.6 Å². The third-order valence-corrected chi connectivity index (χ3v) is 4.91. The number of aromatic amines is 1. The largest absolute Gasteiger partial charge is 0.327 e. The number of urea groups is 1. The predicted octanol–water partition coefficient (Wildman–Crippen LogP) is 2.96. The normalized spacial score (nSPS) is 20.4. The molecular formula is C19H21N5O2. The number of H-pyrrole nitrogens is 1. The zero-order valence-electron chi connectivity index (χ0n) is 14.6. The van der Waals surface area contributed by atoms with Crippen LogP contribution in [0, 0.1) is 0 Å². The van der Waals surface area contributed by atoms with Gasteiger partial charge in [0.05, 0.1) is 23.3 Å². The minimum absolute atomic E-state index is 0.214. The van der Waals surface area contributed by atoms with Crippen LogP contribution in [0.5, 0.6) is 0 Å². The van der Waals surface area contributed by atoms with Crippen LogP contribution in [0.25, 0.3) is 10.9 Å². The molecular weight excluding hydrogens is 330 g/mol. The molecule has 2 aliphatic rings. The van der Waals surface area contributed by atoms with E-state index in [0.717, 1.165) is 42.2 Å². The molecule has 1 aliphatic carbocycles. The molecule has 4 N–H and O–H groups in total. The molecule has 7 heteroatoms. The van der Waals surface area contributed by atoms with Gasteiger partial charge in [-0.15, -0.1) is 0 Å². The number of aromatic nitrogens is 2. The van der Waals surface area contributed by atoms with Gasteiger partial charge in [-0.1, -0.05) is 6.08 Å². The maximum absolute atomic E-state index is 13.0. The van der Waals surface area contributed by atoms with E-state index in [9.17, 15) is 9.59 Å². The molecule has 7 nitrogen and oxygen atoms in total. The first kappa shape index (κ1) is 16.4. The predicted molar refractivity (Wildman–Crippen MR) is 99.4 cm³/mol. The summed E-state index contributed by atoms with van der Waals surface area (Å²) in [6.45, 7) is 1.77. The van der Waals surface area contributed by atoms with Crippen molar-refractivity contribution < 1.29 is 9.59 Å². The summed E-state index contributed by atoms with van der Waals surface area (Å²) in [5.41, 5.74) is 3.87. The number of nitrogens with one attached hydrogen (secondary N) is 4. The lowest BCUT2D eigenvalue weighted by Crippen LogP contribution is -2.51. The summed E-state index contributed by atoms with van der Waals surface area (Å²) < 4.78 is 0. The highest BCUT2D eigenvalue weighted by Gasteiger charge is 2.32. The van der Waals surface area contributed by atoms with Crippen molar-refractivity contribution in [1.29, 1.82) is 0 Å². The van der Waals surface area contributed by atoms with E-state index in [2.05, 4.69) is 32.2 Å². The Hall–Kier alpha value is -3.09. The van der Waals surface area contributed by atoms with Gasteiger partial charge in [0.1, 0.15) is 0 Å².